The molecule has 0 saturated carbocycles. The second-order valence-corrected chi connectivity index (χ2v) is 5.29. The van der Waals surface area contributed by atoms with Gasteiger partial charge in [0.1, 0.15) is 11.9 Å². The van der Waals surface area contributed by atoms with E-state index >= 15 is 0 Å². The summed E-state index contributed by atoms with van der Waals surface area (Å²) in [6.07, 6.45) is -0.825. The van der Waals surface area contributed by atoms with Crippen molar-refractivity contribution in [3.63, 3.8) is 0 Å². The van der Waals surface area contributed by atoms with Crippen LogP contribution in [0.3, 0.4) is 0 Å². The molecule has 0 radical (unpaired) electrons. The first-order chi connectivity index (χ1) is 8.49. The van der Waals surface area contributed by atoms with Crippen LogP contribution in [-0.2, 0) is 0 Å². The van der Waals surface area contributed by atoms with Gasteiger partial charge in [0.2, 0.25) is 0 Å². The van der Waals surface area contributed by atoms with Crippen molar-refractivity contribution in [3.8, 4) is 0 Å². The Hall–Kier alpha value is -1.19. The van der Waals surface area contributed by atoms with Crippen molar-refractivity contribution in [3.05, 3.63) is 68.9 Å². The fourth-order valence-corrected chi connectivity index (χ4v) is 2.29. The van der Waals surface area contributed by atoms with Gasteiger partial charge in [0.05, 0.1) is 0 Å². The fourth-order valence-electron chi connectivity index (χ4n) is 1.83. The maximum Gasteiger partial charge on any atom is 0.126 e. The number of hydrogen-bond acceptors (Lipinski definition) is 1. The molecule has 1 unspecified atom stereocenters. The largest absolute Gasteiger partial charge is 0.384 e. The standard InChI is InChI=1S/C15H14BrFO/c1-9-3-6-13(16)12(7-9)15(18)11-5-4-10(2)14(17)8-11/h3-8,15,18H,1-2H3. The molecule has 1 N–H and O–H groups in total. The summed E-state index contributed by atoms with van der Waals surface area (Å²) in [7, 11) is 0. The summed E-state index contributed by atoms with van der Waals surface area (Å²) in [5.74, 6) is -0.296. The summed E-state index contributed by atoms with van der Waals surface area (Å²) in [5, 5.41) is 10.3. The summed E-state index contributed by atoms with van der Waals surface area (Å²) < 4.78 is 14.3. The lowest BCUT2D eigenvalue weighted by Crippen LogP contribution is -2.02. The third kappa shape index (κ3) is 2.62. The summed E-state index contributed by atoms with van der Waals surface area (Å²) >= 11 is 3.41. The van der Waals surface area contributed by atoms with Crippen molar-refractivity contribution in [1.82, 2.24) is 0 Å². The number of aliphatic hydroxyl groups is 1. The van der Waals surface area contributed by atoms with Gasteiger partial charge in [0.15, 0.2) is 0 Å². The molecular weight excluding hydrogens is 295 g/mol. The molecule has 18 heavy (non-hydrogen) atoms. The first kappa shape index (κ1) is 13.2. The molecule has 0 fully saturated rings. The molecule has 1 nitrogen and oxygen atoms in total. The highest BCUT2D eigenvalue weighted by atomic mass is 79.9. The van der Waals surface area contributed by atoms with Crippen LogP contribution >= 0.6 is 15.9 Å². The average Bonchev–Trinajstić information content (AvgIpc) is 2.35. The van der Waals surface area contributed by atoms with E-state index in [1.165, 1.54) is 6.07 Å². The van der Waals surface area contributed by atoms with Crippen molar-refractivity contribution in [2.75, 3.05) is 0 Å². The van der Waals surface area contributed by atoms with Crippen LogP contribution in [0.2, 0.25) is 0 Å². The van der Waals surface area contributed by atoms with Gasteiger partial charge in [-0.1, -0.05) is 45.8 Å². The second kappa shape index (κ2) is 5.21. The predicted octanol–water partition coefficient (Wildman–Crippen LogP) is 4.29. The molecule has 0 saturated heterocycles. The van der Waals surface area contributed by atoms with Crippen molar-refractivity contribution in [1.29, 1.82) is 0 Å². The SMILES string of the molecule is Cc1ccc(Br)c(C(O)c2ccc(C)c(F)c2)c1. The lowest BCUT2D eigenvalue weighted by molar-refractivity contribution is 0.219. The average molecular weight is 309 g/mol. The Balaban J connectivity index is 2.44. The maximum atomic E-state index is 13.5. The van der Waals surface area contributed by atoms with Crippen LogP contribution in [0.5, 0.6) is 0 Å². The van der Waals surface area contributed by atoms with Gasteiger partial charge >= 0.3 is 0 Å². The number of aliphatic hydroxyl groups excluding tert-OH is 1. The third-order valence-corrected chi connectivity index (χ3v) is 3.68. The Labute approximate surface area is 114 Å². The zero-order chi connectivity index (χ0) is 13.3. The molecule has 2 aromatic carbocycles. The molecule has 0 amide bonds. The highest BCUT2D eigenvalue weighted by Gasteiger charge is 2.15. The van der Waals surface area contributed by atoms with Crippen LogP contribution < -0.4 is 0 Å². The predicted molar refractivity (Wildman–Crippen MR) is 74.1 cm³/mol. The minimum Gasteiger partial charge on any atom is -0.384 e. The summed E-state index contributed by atoms with van der Waals surface area (Å²) in [6.45, 7) is 3.66. The Kier molecular flexibility index (Phi) is 3.83. The van der Waals surface area contributed by atoms with E-state index in [9.17, 15) is 9.50 Å². The molecule has 0 aliphatic rings. The van der Waals surface area contributed by atoms with Gasteiger partial charge in [-0.05, 0) is 42.7 Å². The first-order valence-corrected chi connectivity index (χ1v) is 6.48. The van der Waals surface area contributed by atoms with E-state index < -0.39 is 6.10 Å². The number of benzene rings is 2. The molecule has 1 atom stereocenters. The number of halogens is 2. The van der Waals surface area contributed by atoms with Gasteiger partial charge < -0.3 is 5.11 Å². The smallest absolute Gasteiger partial charge is 0.126 e. The van der Waals surface area contributed by atoms with Crippen molar-refractivity contribution in [2.45, 2.75) is 20.0 Å². The van der Waals surface area contributed by atoms with Gasteiger partial charge in [-0.25, -0.2) is 4.39 Å². The topological polar surface area (TPSA) is 20.2 Å². The van der Waals surface area contributed by atoms with Crippen LogP contribution in [0.4, 0.5) is 4.39 Å². The molecule has 0 aromatic heterocycles. The minimum atomic E-state index is -0.825. The Morgan fingerprint density at radius 1 is 1.11 bits per heavy atom. The van der Waals surface area contributed by atoms with Crippen molar-refractivity contribution < 1.29 is 9.50 Å². The molecule has 94 valence electrons. The first-order valence-electron chi connectivity index (χ1n) is 5.69. The molecular formula is C15H14BrFO. The third-order valence-electron chi connectivity index (χ3n) is 2.96. The molecule has 0 aliphatic carbocycles. The normalized spacial score (nSPS) is 12.5. The van der Waals surface area contributed by atoms with Crippen LogP contribution in [0, 0.1) is 19.7 Å². The monoisotopic (exact) mass is 308 g/mol. The highest BCUT2D eigenvalue weighted by Crippen LogP contribution is 2.30. The minimum absolute atomic E-state index is 0.296. The summed E-state index contributed by atoms with van der Waals surface area (Å²) in [6, 6.07) is 10.5. The van der Waals surface area contributed by atoms with E-state index in [-0.39, 0.29) is 5.82 Å². The van der Waals surface area contributed by atoms with Crippen LogP contribution in [0.15, 0.2) is 40.9 Å². The van der Waals surface area contributed by atoms with Crippen LogP contribution in [0.25, 0.3) is 0 Å². The quantitative estimate of drug-likeness (QED) is 0.877. The van der Waals surface area contributed by atoms with Crippen LogP contribution in [-0.4, -0.2) is 5.11 Å². The van der Waals surface area contributed by atoms with E-state index in [0.29, 0.717) is 11.1 Å². The van der Waals surface area contributed by atoms with Gasteiger partial charge in [-0.3, -0.25) is 0 Å². The fraction of sp³-hybridized carbons (Fsp3) is 0.200. The van der Waals surface area contributed by atoms with E-state index in [4.69, 9.17) is 0 Å². The van der Waals surface area contributed by atoms with Gasteiger partial charge in [-0.2, -0.15) is 0 Å². The van der Waals surface area contributed by atoms with E-state index in [0.717, 1.165) is 15.6 Å². The zero-order valence-corrected chi connectivity index (χ0v) is 11.8. The molecule has 0 aliphatic heterocycles. The molecule has 2 aromatic rings. The van der Waals surface area contributed by atoms with Gasteiger partial charge in [-0.15, -0.1) is 0 Å². The molecule has 0 heterocycles. The van der Waals surface area contributed by atoms with E-state index in [1.54, 1.807) is 19.1 Å². The number of hydrogen-bond donors (Lipinski definition) is 1. The van der Waals surface area contributed by atoms with Crippen molar-refractivity contribution >= 4 is 15.9 Å². The van der Waals surface area contributed by atoms with Gasteiger partial charge in [0.25, 0.3) is 0 Å². The molecule has 2 rings (SSSR count). The highest BCUT2D eigenvalue weighted by molar-refractivity contribution is 9.10. The molecule has 0 spiro atoms. The number of rotatable bonds is 2. The Morgan fingerprint density at radius 3 is 2.50 bits per heavy atom. The maximum absolute atomic E-state index is 13.5. The Bertz CT molecular complexity index is 581. The summed E-state index contributed by atoms with van der Waals surface area (Å²) in [5.41, 5.74) is 2.94. The Morgan fingerprint density at radius 2 is 1.83 bits per heavy atom. The van der Waals surface area contributed by atoms with E-state index in [1.807, 2.05) is 25.1 Å². The lowest BCUT2D eigenvalue weighted by Gasteiger charge is -2.14. The second-order valence-electron chi connectivity index (χ2n) is 4.44. The van der Waals surface area contributed by atoms with Gasteiger partial charge in [0, 0.05) is 4.47 Å². The molecule has 0 bridgehead atoms. The van der Waals surface area contributed by atoms with Crippen molar-refractivity contribution in [2.24, 2.45) is 0 Å². The number of aryl methyl sites for hydroxylation is 2. The van der Waals surface area contributed by atoms with Crippen LogP contribution in [0.1, 0.15) is 28.4 Å². The summed E-state index contributed by atoms with van der Waals surface area (Å²) in [4.78, 5) is 0. The molecule has 3 heteroatoms. The zero-order valence-electron chi connectivity index (χ0n) is 10.2. The van der Waals surface area contributed by atoms with E-state index in [2.05, 4.69) is 15.9 Å². The lowest BCUT2D eigenvalue weighted by atomic mass is 9.99.